The summed E-state index contributed by atoms with van der Waals surface area (Å²) >= 11 is 1.35. The third kappa shape index (κ3) is 4.06. The highest BCUT2D eigenvalue weighted by Gasteiger charge is 2.16. The van der Waals surface area contributed by atoms with Gasteiger partial charge in [0.2, 0.25) is 0 Å². The summed E-state index contributed by atoms with van der Waals surface area (Å²) in [6.45, 7) is 1.59. The number of Topliss-reactive ketones (excluding diaryl/α,β-unsaturated/α-hetero) is 1. The second-order valence-electron chi connectivity index (χ2n) is 4.72. The molecule has 0 heterocycles. The predicted molar refractivity (Wildman–Crippen MR) is 80.5 cm³/mol. The molecular formula is C16H18O2S. The molecule has 0 fully saturated rings. The van der Waals surface area contributed by atoms with Gasteiger partial charge in [-0.05, 0) is 36.5 Å². The van der Waals surface area contributed by atoms with E-state index in [1.54, 1.807) is 6.92 Å². The van der Waals surface area contributed by atoms with Crippen molar-refractivity contribution in [1.29, 1.82) is 0 Å². The zero-order valence-corrected chi connectivity index (χ0v) is 12.0. The fourth-order valence-electron chi connectivity index (χ4n) is 2.24. The number of hydrogen-bond acceptors (Lipinski definition) is 3. The molecule has 0 atom stereocenters. The molecule has 1 aliphatic rings. The molecule has 0 aromatic heterocycles. The van der Waals surface area contributed by atoms with E-state index in [4.69, 9.17) is 0 Å². The number of thioether (sulfide) groups is 1. The van der Waals surface area contributed by atoms with E-state index in [9.17, 15) is 9.59 Å². The molecule has 3 heteroatoms. The van der Waals surface area contributed by atoms with Crippen LogP contribution in [0.4, 0.5) is 0 Å². The number of aryl methyl sites for hydroxylation is 1. The second-order valence-corrected chi connectivity index (χ2v) is 6.00. The maximum Gasteiger partial charge on any atom is 0.185 e. The number of rotatable bonds is 4. The predicted octanol–water partition coefficient (Wildman–Crippen LogP) is 3.89. The van der Waals surface area contributed by atoms with Gasteiger partial charge in [-0.1, -0.05) is 36.0 Å². The number of carbonyl (C=O) groups excluding carboxylic acids is 2. The summed E-state index contributed by atoms with van der Waals surface area (Å²) in [4.78, 5) is 22.6. The number of hydrogen-bond donors (Lipinski definition) is 0. The fraction of sp³-hybridized carbons (Fsp3) is 0.375. The Hall–Kier alpha value is -1.35. The Bertz CT molecular complexity index is 517. The van der Waals surface area contributed by atoms with E-state index in [0.717, 1.165) is 36.1 Å². The Morgan fingerprint density at radius 2 is 2.21 bits per heavy atom. The maximum absolute atomic E-state index is 11.8. The minimum Gasteiger partial charge on any atom is -0.294 e. The largest absolute Gasteiger partial charge is 0.294 e. The average molecular weight is 274 g/mol. The Balaban J connectivity index is 1.98. The van der Waals surface area contributed by atoms with Crippen molar-refractivity contribution < 1.29 is 9.59 Å². The van der Waals surface area contributed by atoms with Crippen molar-refractivity contribution in [2.45, 2.75) is 32.6 Å². The molecule has 0 spiro atoms. The van der Waals surface area contributed by atoms with Crippen LogP contribution in [0.5, 0.6) is 0 Å². The summed E-state index contributed by atoms with van der Waals surface area (Å²) in [5.74, 6) is 1.08. The van der Waals surface area contributed by atoms with E-state index in [2.05, 4.69) is 18.2 Å². The lowest BCUT2D eigenvalue weighted by molar-refractivity contribution is -0.109. The van der Waals surface area contributed by atoms with Gasteiger partial charge in [0, 0.05) is 24.7 Å². The topological polar surface area (TPSA) is 34.1 Å². The third-order valence-corrected chi connectivity index (χ3v) is 4.03. The normalized spacial score (nSPS) is 14.7. The summed E-state index contributed by atoms with van der Waals surface area (Å²) in [5, 5.41) is 0.160. The zero-order chi connectivity index (χ0) is 13.7. The molecule has 1 aliphatic carbocycles. The van der Waals surface area contributed by atoms with Gasteiger partial charge in [-0.25, -0.2) is 0 Å². The molecular weight excluding hydrogens is 256 g/mol. The quantitative estimate of drug-likeness (QED) is 0.781. The highest BCUT2D eigenvalue weighted by atomic mass is 32.2. The number of carbonyl (C=O) groups is 2. The Kier molecular flexibility index (Phi) is 4.97. The van der Waals surface area contributed by atoms with Crippen LogP contribution in [0.3, 0.4) is 0 Å². The number of allylic oxidation sites excluding steroid dienone is 1. The maximum atomic E-state index is 11.8. The van der Waals surface area contributed by atoms with Crippen LogP contribution in [-0.4, -0.2) is 16.7 Å². The first-order valence-corrected chi connectivity index (χ1v) is 7.61. The molecule has 1 aromatic carbocycles. The first-order valence-electron chi connectivity index (χ1n) is 6.63. The SMILES string of the molecule is CC(=O)SCCC=Cc1ccc2c(c1)C(=O)CCC2. The molecule has 100 valence electrons. The van der Waals surface area contributed by atoms with Gasteiger partial charge in [-0.15, -0.1) is 0 Å². The van der Waals surface area contributed by atoms with Crippen LogP contribution < -0.4 is 0 Å². The molecule has 0 saturated heterocycles. The zero-order valence-electron chi connectivity index (χ0n) is 11.1. The summed E-state index contributed by atoms with van der Waals surface area (Å²) in [5.41, 5.74) is 3.15. The molecule has 0 radical (unpaired) electrons. The first kappa shape index (κ1) is 14.1. The van der Waals surface area contributed by atoms with Gasteiger partial charge >= 0.3 is 0 Å². The summed E-state index contributed by atoms with van der Waals surface area (Å²) in [6, 6.07) is 6.12. The second kappa shape index (κ2) is 6.71. The van der Waals surface area contributed by atoms with Crippen molar-refractivity contribution in [2.75, 3.05) is 5.75 Å². The van der Waals surface area contributed by atoms with Crippen LogP contribution in [0.25, 0.3) is 6.08 Å². The highest BCUT2D eigenvalue weighted by molar-refractivity contribution is 8.13. The van der Waals surface area contributed by atoms with Gasteiger partial charge < -0.3 is 0 Å². The van der Waals surface area contributed by atoms with Gasteiger partial charge in [-0.2, -0.15) is 0 Å². The molecule has 0 bridgehead atoms. The minimum atomic E-state index is 0.160. The number of benzene rings is 1. The Morgan fingerprint density at radius 3 is 3.00 bits per heavy atom. The summed E-state index contributed by atoms with van der Waals surface area (Å²) in [7, 11) is 0. The number of fused-ring (bicyclic) bond motifs is 1. The summed E-state index contributed by atoms with van der Waals surface area (Å²) in [6.07, 6.45) is 7.63. The van der Waals surface area contributed by atoms with Crippen LogP contribution in [0.15, 0.2) is 24.3 Å². The van der Waals surface area contributed by atoms with Crippen molar-refractivity contribution in [2.24, 2.45) is 0 Å². The lowest BCUT2D eigenvalue weighted by atomic mass is 9.89. The van der Waals surface area contributed by atoms with Crippen molar-refractivity contribution in [3.05, 3.63) is 41.0 Å². The smallest absolute Gasteiger partial charge is 0.185 e. The highest BCUT2D eigenvalue weighted by Crippen LogP contribution is 2.22. The van der Waals surface area contributed by atoms with Crippen molar-refractivity contribution in [3.63, 3.8) is 0 Å². The number of ketones is 1. The van der Waals surface area contributed by atoms with E-state index >= 15 is 0 Å². The van der Waals surface area contributed by atoms with Crippen LogP contribution >= 0.6 is 11.8 Å². The molecule has 0 amide bonds. The van der Waals surface area contributed by atoms with Crippen molar-refractivity contribution in [3.8, 4) is 0 Å². The molecule has 1 aromatic rings. The molecule has 19 heavy (non-hydrogen) atoms. The average Bonchev–Trinajstić information content (AvgIpc) is 2.39. The lowest BCUT2D eigenvalue weighted by Gasteiger charge is -2.14. The van der Waals surface area contributed by atoms with Crippen molar-refractivity contribution in [1.82, 2.24) is 0 Å². The van der Waals surface area contributed by atoms with Gasteiger partial charge in [0.05, 0.1) is 0 Å². The van der Waals surface area contributed by atoms with Crippen LogP contribution in [0, 0.1) is 0 Å². The van der Waals surface area contributed by atoms with Crippen LogP contribution in [0.1, 0.15) is 47.7 Å². The van der Waals surface area contributed by atoms with Gasteiger partial charge in [0.15, 0.2) is 10.9 Å². The van der Waals surface area contributed by atoms with Gasteiger partial charge in [-0.3, -0.25) is 9.59 Å². The third-order valence-electron chi connectivity index (χ3n) is 3.18. The van der Waals surface area contributed by atoms with E-state index in [-0.39, 0.29) is 10.9 Å². The molecule has 0 N–H and O–H groups in total. The summed E-state index contributed by atoms with van der Waals surface area (Å²) < 4.78 is 0. The minimum absolute atomic E-state index is 0.160. The van der Waals surface area contributed by atoms with Gasteiger partial charge in [0.25, 0.3) is 0 Å². The lowest BCUT2D eigenvalue weighted by Crippen LogP contribution is -2.10. The molecule has 2 nitrogen and oxygen atoms in total. The van der Waals surface area contributed by atoms with Gasteiger partial charge in [0.1, 0.15) is 0 Å². The fourth-order valence-corrected chi connectivity index (χ4v) is 2.78. The van der Waals surface area contributed by atoms with E-state index in [1.165, 1.54) is 17.3 Å². The van der Waals surface area contributed by atoms with Crippen LogP contribution in [0.2, 0.25) is 0 Å². The molecule has 2 rings (SSSR count). The Labute approximate surface area is 118 Å². The monoisotopic (exact) mass is 274 g/mol. The molecule has 0 aliphatic heterocycles. The molecule has 0 unspecified atom stereocenters. The van der Waals surface area contributed by atoms with E-state index < -0.39 is 0 Å². The first-order chi connectivity index (χ1) is 9.16. The van der Waals surface area contributed by atoms with E-state index in [1.807, 2.05) is 12.1 Å². The van der Waals surface area contributed by atoms with E-state index in [0.29, 0.717) is 6.42 Å². The Morgan fingerprint density at radius 1 is 1.37 bits per heavy atom. The standard InChI is InChI=1S/C16H18O2S/c1-12(17)19-10-3-2-5-13-8-9-14-6-4-7-16(18)15(14)11-13/h2,5,8-9,11H,3-4,6-7,10H2,1H3. The van der Waals surface area contributed by atoms with Crippen LogP contribution in [-0.2, 0) is 11.2 Å². The molecule has 0 saturated carbocycles. The van der Waals surface area contributed by atoms with Crippen molar-refractivity contribution >= 4 is 28.7 Å².